The molecule has 3 N–H and O–H groups in total. The summed E-state index contributed by atoms with van der Waals surface area (Å²) in [5, 5.41) is 0. The molecule has 2 nitrogen and oxygen atoms in total. The number of nitrogens with one attached hydrogen (secondary N) is 1. The Morgan fingerprint density at radius 3 is 2.45 bits per heavy atom. The van der Waals surface area contributed by atoms with Crippen LogP contribution in [0.2, 0.25) is 0 Å². The van der Waals surface area contributed by atoms with Crippen LogP contribution in [0, 0.1) is 24.1 Å². The van der Waals surface area contributed by atoms with Gasteiger partial charge in [-0.1, -0.05) is 38.8 Å². The van der Waals surface area contributed by atoms with Gasteiger partial charge in [0.1, 0.15) is 5.82 Å². The molecule has 0 aliphatic heterocycles. The number of rotatable bonds is 5. The molecule has 0 saturated heterocycles. The molecule has 1 atom stereocenters. The fraction of sp³-hybridized carbons (Fsp3) is 0.647. The van der Waals surface area contributed by atoms with Gasteiger partial charge in [0, 0.05) is 0 Å². The standard InChI is InChI=1S/C17H27FN2/c1-12(2)11-17(8-4-5-9-17)16(20-19)14-7-6-13(3)15(18)10-14/h6-7,10,12,16,20H,4-5,8-9,11,19H2,1-3H3. The van der Waals surface area contributed by atoms with Crippen LogP contribution < -0.4 is 11.3 Å². The van der Waals surface area contributed by atoms with E-state index in [4.69, 9.17) is 5.84 Å². The Morgan fingerprint density at radius 1 is 1.30 bits per heavy atom. The number of hydrogen-bond donors (Lipinski definition) is 2. The third-order valence-electron chi connectivity index (χ3n) is 4.72. The number of halogens is 1. The van der Waals surface area contributed by atoms with Crippen molar-refractivity contribution >= 4 is 0 Å². The van der Waals surface area contributed by atoms with Crippen LogP contribution in [-0.4, -0.2) is 0 Å². The Balaban J connectivity index is 2.35. The van der Waals surface area contributed by atoms with Crippen LogP contribution in [0.3, 0.4) is 0 Å². The summed E-state index contributed by atoms with van der Waals surface area (Å²) in [6.45, 7) is 6.30. The minimum Gasteiger partial charge on any atom is -0.271 e. The van der Waals surface area contributed by atoms with E-state index < -0.39 is 0 Å². The predicted octanol–water partition coefficient (Wildman–Crippen LogP) is 4.25. The molecule has 20 heavy (non-hydrogen) atoms. The number of aryl methyl sites for hydroxylation is 1. The molecular formula is C17H27FN2. The van der Waals surface area contributed by atoms with Crippen LogP contribution in [0.25, 0.3) is 0 Å². The molecule has 0 amide bonds. The maximum Gasteiger partial charge on any atom is 0.126 e. The van der Waals surface area contributed by atoms with Crippen LogP contribution in [0.15, 0.2) is 18.2 Å². The monoisotopic (exact) mass is 278 g/mol. The van der Waals surface area contributed by atoms with Gasteiger partial charge in [-0.2, -0.15) is 0 Å². The van der Waals surface area contributed by atoms with Crippen molar-refractivity contribution in [1.29, 1.82) is 0 Å². The zero-order chi connectivity index (χ0) is 14.8. The van der Waals surface area contributed by atoms with Crippen LogP contribution in [0.1, 0.15) is 63.1 Å². The minimum absolute atomic E-state index is 0.0440. The highest BCUT2D eigenvalue weighted by atomic mass is 19.1. The molecule has 1 aliphatic rings. The smallest absolute Gasteiger partial charge is 0.126 e. The SMILES string of the molecule is Cc1ccc(C(NN)C2(CC(C)C)CCCC2)cc1F. The molecule has 1 unspecified atom stereocenters. The summed E-state index contributed by atoms with van der Waals surface area (Å²) in [5.41, 5.74) is 4.83. The molecule has 0 bridgehead atoms. The van der Waals surface area contributed by atoms with E-state index in [1.807, 2.05) is 12.1 Å². The molecule has 0 heterocycles. The van der Waals surface area contributed by atoms with E-state index in [1.54, 1.807) is 13.0 Å². The molecule has 0 radical (unpaired) electrons. The third kappa shape index (κ3) is 3.04. The van der Waals surface area contributed by atoms with Crippen molar-refractivity contribution in [3.63, 3.8) is 0 Å². The Kier molecular flexibility index (Phi) is 4.82. The topological polar surface area (TPSA) is 38.0 Å². The molecule has 0 aromatic heterocycles. The summed E-state index contributed by atoms with van der Waals surface area (Å²) < 4.78 is 13.9. The summed E-state index contributed by atoms with van der Waals surface area (Å²) in [6.07, 6.45) is 5.99. The van der Waals surface area contributed by atoms with Crippen molar-refractivity contribution in [2.75, 3.05) is 0 Å². The molecule has 3 heteroatoms. The molecular weight excluding hydrogens is 251 g/mol. The van der Waals surface area contributed by atoms with Gasteiger partial charge in [0.15, 0.2) is 0 Å². The van der Waals surface area contributed by atoms with Gasteiger partial charge in [0.2, 0.25) is 0 Å². The highest BCUT2D eigenvalue weighted by Gasteiger charge is 2.42. The highest BCUT2D eigenvalue weighted by molar-refractivity contribution is 5.27. The first-order chi connectivity index (χ1) is 9.48. The van der Waals surface area contributed by atoms with E-state index in [2.05, 4.69) is 19.3 Å². The first-order valence-corrected chi connectivity index (χ1v) is 7.71. The fourth-order valence-electron chi connectivity index (χ4n) is 3.92. The number of nitrogens with two attached hydrogens (primary N) is 1. The van der Waals surface area contributed by atoms with Crippen LogP contribution >= 0.6 is 0 Å². The number of hydrazine groups is 1. The maximum absolute atomic E-state index is 13.9. The largest absolute Gasteiger partial charge is 0.271 e. The molecule has 1 fully saturated rings. The average Bonchev–Trinajstić information content (AvgIpc) is 2.83. The lowest BCUT2D eigenvalue weighted by Gasteiger charge is -2.39. The van der Waals surface area contributed by atoms with E-state index in [9.17, 15) is 4.39 Å². The van der Waals surface area contributed by atoms with Gasteiger partial charge in [-0.25, -0.2) is 4.39 Å². The van der Waals surface area contributed by atoms with Crippen molar-refractivity contribution in [3.8, 4) is 0 Å². The van der Waals surface area contributed by atoms with E-state index >= 15 is 0 Å². The summed E-state index contributed by atoms with van der Waals surface area (Å²) in [5.74, 6) is 6.35. The van der Waals surface area contributed by atoms with Crippen LogP contribution in [-0.2, 0) is 0 Å². The number of benzene rings is 1. The first-order valence-electron chi connectivity index (χ1n) is 7.71. The van der Waals surface area contributed by atoms with Gasteiger partial charge in [-0.3, -0.25) is 11.3 Å². The molecule has 1 aromatic carbocycles. The van der Waals surface area contributed by atoms with Gasteiger partial charge in [0.05, 0.1) is 6.04 Å². The van der Waals surface area contributed by atoms with Crippen molar-refractivity contribution in [3.05, 3.63) is 35.1 Å². The van der Waals surface area contributed by atoms with E-state index in [1.165, 1.54) is 25.7 Å². The Hall–Kier alpha value is -0.930. The van der Waals surface area contributed by atoms with Gasteiger partial charge in [-0.05, 0) is 54.7 Å². The van der Waals surface area contributed by atoms with E-state index in [0.29, 0.717) is 11.5 Å². The number of hydrogen-bond acceptors (Lipinski definition) is 2. The Bertz CT molecular complexity index is 450. The molecule has 0 spiro atoms. The van der Waals surface area contributed by atoms with Crippen molar-refractivity contribution in [2.24, 2.45) is 17.2 Å². The summed E-state index contributed by atoms with van der Waals surface area (Å²) in [4.78, 5) is 0. The second-order valence-corrected chi connectivity index (χ2v) is 6.78. The van der Waals surface area contributed by atoms with Crippen molar-refractivity contribution in [2.45, 2.75) is 58.9 Å². The molecule has 112 valence electrons. The Morgan fingerprint density at radius 2 is 1.95 bits per heavy atom. The van der Waals surface area contributed by atoms with Crippen molar-refractivity contribution in [1.82, 2.24) is 5.43 Å². The second-order valence-electron chi connectivity index (χ2n) is 6.78. The van der Waals surface area contributed by atoms with Gasteiger partial charge in [-0.15, -0.1) is 0 Å². The highest BCUT2D eigenvalue weighted by Crippen LogP contribution is 2.51. The quantitative estimate of drug-likeness (QED) is 0.624. The van der Waals surface area contributed by atoms with Gasteiger partial charge >= 0.3 is 0 Å². The Labute approximate surface area is 121 Å². The maximum atomic E-state index is 13.9. The second kappa shape index (κ2) is 6.23. The van der Waals surface area contributed by atoms with Crippen LogP contribution in [0.5, 0.6) is 0 Å². The lowest BCUT2D eigenvalue weighted by Crippen LogP contribution is -2.41. The van der Waals surface area contributed by atoms with E-state index in [-0.39, 0.29) is 17.3 Å². The summed E-state index contributed by atoms with van der Waals surface area (Å²) >= 11 is 0. The molecule has 1 aliphatic carbocycles. The lowest BCUT2D eigenvalue weighted by molar-refractivity contribution is 0.155. The van der Waals surface area contributed by atoms with Crippen LogP contribution in [0.4, 0.5) is 4.39 Å². The molecule has 1 aromatic rings. The van der Waals surface area contributed by atoms with Crippen molar-refractivity contribution < 1.29 is 4.39 Å². The molecule has 2 rings (SSSR count). The minimum atomic E-state index is -0.138. The third-order valence-corrected chi connectivity index (χ3v) is 4.72. The van der Waals surface area contributed by atoms with Gasteiger partial charge in [0.25, 0.3) is 0 Å². The average molecular weight is 278 g/mol. The predicted molar refractivity (Wildman–Crippen MR) is 81.6 cm³/mol. The zero-order valence-electron chi connectivity index (χ0n) is 12.9. The summed E-state index contributed by atoms with van der Waals surface area (Å²) in [6, 6.07) is 5.57. The van der Waals surface area contributed by atoms with Gasteiger partial charge < -0.3 is 0 Å². The lowest BCUT2D eigenvalue weighted by atomic mass is 9.70. The van der Waals surface area contributed by atoms with E-state index in [0.717, 1.165) is 12.0 Å². The normalized spacial score (nSPS) is 19.5. The summed E-state index contributed by atoms with van der Waals surface area (Å²) in [7, 11) is 0. The zero-order valence-corrected chi connectivity index (χ0v) is 12.9. The first kappa shape index (κ1) is 15.5. The fourth-order valence-corrected chi connectivity index (χ4v) is 3.92. The molecule has 1 saturated carbocycles.